The topological polar surface area (TPSA) is 49.8 Å². The predicted molar refractivity (Wildman–Crippen MR) is 75.1 cm³/mol. The molecule has 2 atom stereocenters. The number of amides is 1. The minimum Gasteiger partial charge on any atom is -0.492 e. The van der Waals surface area contributed by atoms with Crippen molar-refractivity contribution in [1.29, 1.82) is 0 Å². The maximum atomic E-state index is 11.1. The third kappa shape index (κ3) is 2.30. The number of fused-ring (bicyclic) bond motifs is 3. The zero-order valence-corrected chi connectivity index (χ0v) is 12.4. The molecule has 0 saturated carbocycles. The lowest BCUT2D eigenvalue weighted by molar-refractivity contribution is 0.152. The Bertz CT molecular complexity index is 537. The summed E-state index contributed by atoms with van der Waals surface area (Å²) in [6.07, 6.45) is 0.0179. The fourth-order valence-corrected chi connectivity index (χ4v) is 3.94. The lowest BCUT2D eigenvalue weighted by Gasteiger charge is -2.17. The Morgan fingerprint density at radius 1 is 1.47 bits per heavy atom. The molecular formula is C13H13BrClNO3. The normalized spacial score (nSPS) is 25.3. The molecule has 1 fully saturated rings. The van der Waals surface area contributed by atoms with Crippen LogP contribution < -0.4 is 4.74 Å². The highest BCUT2D eigenvalue weighted by Gasteiger charge is 2.39. The average Bonchev–Trinajstić information content (AvgIpc) is 2.68. The van der Waals surface area contributed by atoms with Crippen LogP contribution in [0.25, 0.3) is 0 Å². The summed E-state index contributed by atoms with van der Waals surface area (Å²) in [5, 5.41) is 9.79. The Labute approximate surface area is 124 Å². The number of hydrogen-bond donors (Lipinski definition) is 1. The van der Waals surface area contributed by atoms with E-state index in [4.69, 9.17) is 21.4 Å². The molecule has 0 radical (unpaired) electrons. The Hall–Kier alpha value is -0.940. The van der Waals surface area contributed by atoms with Gasteiger partial charge >= 0.3 is 6.09 Å². The first-order chi connectivity index (χ1) is 9.06. The maximum absolute atomic E-state index is 11.1. The number of rotatable bonds is 0. The molecule has 1 saturated heterocycles. The van der Waals surface area contributed by atoms with Gasteiger partial charge in [-0.2, -0.15) is 0 Å². The number of halogens is 2. The van der Waals surface area contributed by atoms with Crippen molar-refractivity contribution >= 4 is 33.6 Å². The number of carboxylic acid groups (broad SMARTS) is 1. The van der Waals surface area contributed by atoms with Gasteiger partial charge in [0.05, 0.1) is 11.1 Å². The van der Waals surface area contributed by atoms with Gasteiger partial charge in [0.25, 0.3) is 0 Å². The SMILES string of the molecule is O=C(O)N1C[C@H]2CCOc3c(Br)cc(Cl)cc3[C@@H]2C1. The van der Waals surface area contributed by atoms with Crippen molar-refractivity contribution < 1.29 is 14.6 Å². The van der Waals surface area contributed by atoms with Gasteiger partial charge in [-0.1, -0.05) is 11.6 Å². The van der Waals surface area contributed by atoms with Crippen molar-refractivity contribution in [2.45, 2.75) is 12.3 Å². The van der Waals surface area contributed by atoms with E-state index in [0.717, 1.165) is 22.2 Å². The summed E-state index contributed by atoms with van der Waals surface area (Å²) in [7, 11) is 0. The number of ether oxygens (including phenoxy) is 1. The molecule has 4 nitrogen and oxygen atoms in total. The Balaban J connectivity index is 2.03. The Morgan fingerprint density at radius 2 is 2.26 bits per heavy atom. The molecule has 6 heteroatoms. The highest BCUT2D eigenvalue weighted by atomic mass is 79.9. The van der Waals surface area contributed by atoms with E-state index in [-0.39, 0.29) is 5.92 Å². The van der Waals surface area contributed by atoms with E-state index < -0.39 is 6.09 Å². The largest absolute Gasteiger partial charge is 0.492 e. The van der Waals surface area contributed by atoms with Gasteiger partial charge in [0.15, 0.2) is 0 Å². The van der Waals surface area contributed by atoms with Crippen LogP contribution in [0.5, 0.6) is 5.75 Å². The van der Waals surface area contributed by atoms with Crippen LogP contribution >= 0.6 is 27.5 Å². The average molecular weight is 347 g/mol. The molecular weight excluding hydrogens is 334 g/mol. The van der Waals surface area contributed by atoms with Crippen molar-refractivity contribution in [3.05, 3.63) is 27.2 Å². The van der Waals surface area contributed by atoms with Crippen molar-refractivity contribution in [1.82, 2.24) is 4.90 Å². The van der Waals surface area contributed by atoms with Crippen molar-refractivity contribution in [3.8, 4) is 5.75 Å². The van der Waals surface area contributed by atoms with Gasteiger partial charge in [0.1, 0.15) is 5.75 Å². The van der Waals surface area contributed by atoms with E-state index >= 15 is 0 Å². The second-order valence-electron chi connectivity index (χ2n) is 5.00. The summed E-state index contributed by atoms with van der Waals surface area (Å²) in [5.41, 5.74) is 1.02. The summed E-state index contributed by atoms with van der Waals surface area (Å²) in [5.74, 6) is 1.29. The smallest absolute Gasteiger partial charge is 0.407 e. The molecule has 1 aromatic carbocycles. The summed E-state index contributed by atoms with van der Waals surface area (Å²) in [6, 6.07) is 3.71. The maximum Gasteiger partial charge on any atom is 0.407 e. The van der Waals surface area contributed by atoms with E-state index in [9.17, 15) is 4.79 Å². The third-order valence-corrected chi connectivity index (χ3v) is 4.69. The second-order valence-corrected chi connectivity index (χ2v) is 6.29. The van der Waals surface area contributed by atoms with E-state index in [1.54, 1.807) is 0 Å². The monoisotopic (exact) mass is 345 g/mol. The third-order valence-electron chi connectivity index (χ3n) is 3.88. The molecule has 3 rings (SSSR count). The van der Waals surface area contributed by atoms with Crippen LogP contribution in [0.15, 0.2) is 16.6 Å². The lowest BCUT2D eigenvalue weighted by Crippen LogP contribution is -2.27. The molecule has 102 valence electrons. The van der Waals surface area contributed by atoms with Crippen LogP contribution in [0.1, 0.15) is 17.9 Å². The molecule has 0 bridgehead atoms. The highest BCUT2D eigenvalue weighted by Crippen LogP contribution is 2.45. The summed E-state index contributed by atoms with van der Waals surface area (Å²) in [4.78, 5) is 12.6. The quantitative estimate of drug-likeness (QED) is 0.781. The zero-order chi connectivity index (χ0) is 13.6. The first-order valence-electron chi connectivity index (χ1n) is 6.16. The van der Waals surface area contributed by atoms with Crippen LogP contribution in [0, 0.1) is 5.92 Å². The molecule has 1 amide bonds. The Kier molecular flexibility index (Phi) is 3.35. The molecule has 19 heavy (non-hydrogen) atoms. The molecule has 2 heterocycles. The molecule has 1 aromatic rings. The molecule has 0 aromatic heterocycles. The fourth-order valence-electron chi connectivity index (χ4n) is 2.99. The van der Waals surface area contributed by atoms with Gasteiger partial charge in [0.2, 0.25) is 0 Å². The number of nitrogens with zero attached hydrogens (tertiary/aromatic N) is 1. The van der Waals surface area contributed by atoms with Gasteiger partial charge < -0.3 is 14.7 Å². The van der Waals surface area contributed by atoms with Crippen LogP contribution in [0.2, 0.25) is 5.02 Å². The van der Waals surface area contributed by atoms with E-state index in [1.807, 2.05) is 12.1 Å². The molecule has 2 aliphatic heterocycles. The first kappa shape index (κ1) is 13.1. The van der Waals surface area contributed by atoms with Crippen LogP contribution in [0.3, 0.4) is 0 Å². The Morgan fingerprint density at radius 3 is 3.00 bits per heavy atom. The zero-order valence-electron chi connectivity index (χ0n) is 10.1. The van der Waals surface area contributed by atoms with Gasteiger partial charge in [-0.3, -0.25) is 0 Å². The lowest BCUT2D eigenvalue weighted by atomic mass is 9.87. The van der Waals surface area contributed by atoms with Crippen molar-refractivity contribution in [3.63, 3.8) is 0 Å². The summed E-state index contributed by atoms with van der Waals surface area (Å²) in [6.45, 7) is 1.71. The molecule has 1 N–H and O–H groups in total. The van der Waals surface area contributed by atoms with Gasteiger partial charge in [-0.15, -0.1) is 0 Å². The summed E-state index contributed by atoms with van der Waals surface area (Å²) < 4.78 is 6.63. The second kappa shape index (κ2) is 4.87. The highest BCUT2D eigenvalue weighted by molar-refractivity contribution is 9.10. The van der Waals surface area contributed by atoms with Crippen LogP contribution in [-0.4, -0.2) is 35.8 Å². The van der Waals surface area contributed by atoms with E-state index in [1.165, 1.54) is 4.90 Å². The molecule has 2 aliphatic rings. The van der Waals surface area contributed by atoms with Crippen molar-refractivity contribution in [2.75, 3.05) is 19.7 Å². The molecule has 0 spiro atoms. The van der Waals surface area contributed by atoms with Gasteiger partial charge in [0, 0.05) is 29.6 Å². The van der Waals surface area contributed by atoms with Gasteiger partial charge in [-0.05, 0) is 40.4 Å². The predicted octanol–water partition coefficient (Wildman–Crippen LogP) is 3.58. The minimum atomic E-state index is -0.850. The fraction of sp³-hybridized carbons (Fsp3) is 0.462. The number of hydrogen-bond acceptors (Lipinski definition) is 2. The number of benzene rings is 1. The first-order valence-corrected chi connectivity index (χ1v) is 7.33. The number of likely N-dealkylation sites (tertiary alicyclic amines) is 1. The molecule has 0 aliphatic carbocycles. The van der Waals surface area contributed by atoms with Crippen LogP contribution in [0.4, 0.5) is 4.79 Å². The van der Waals surface area contributed by atoms with Crippen LogP contribution in [-0.2, 0) is 0 Å². The minimum absolute atomic E-state index is 0.170. The van der Waals surface area contributed by atoms with E-state index in [0.29, 0.717) is 30.6 Å². The van der Waals surface area contributed by atoms with E-state index in [2.05, 4.69) is 15.9 Å². The molecule has 0 unspecified atom stereocenters. The standard InChI is InChI=1S/C13H13BrClNO3/c14-11-4-8(15)3-9-10-6-16(13(17)18)5-7(10)1-2-19-12(9)11/h3-4,7,10H,1-2,5-6H2,(H,17,18)/t7-,10-/m1/s1. The van der Waals surface area contributed by atoms with Gasteiger partial charge in [-0.25, -0.2) is 4.79 Å². The summed E-state index contributed by atoms with van der Waals surface area (Å²) >= 11 is 9.58. The number of carbonyl (C=O) groups is 1. The van der Waals surface area contributed by atoms with Crippen molar-refractivity contribution in [2.24, 2.45) is 5.92 Å².